The Bertz CT molecular complexity index is 278. The molecule has 4 unspecified atom stereocenters. The van der Waals surface area contributed by atoms with Gasteiger partial charge in [0.15, 0.2) is 0 Å². The number of hydrogen-bond donors (Lipinski definition) is 1. The van der Waals surface area contributed by atoms with Crippen LogP contribution in [0.15, 0.2) is 0 Å². The number of hydrogen-bond acceptors (Lipinski definition) is 1. The van der Waals surface area contributed by atoms with Crippen molar-refractivity contribution in [2.24, 2.45) is 23.2 Å². The van der Waals surface area contributed by atoms with Crippen LogP contribution in [0.2, 0.25) is 0 Å². The summed E-state index contributed by atoms with van der Waals surface area (Å²) in [5, 5.41) is 3.93. The maximum absolute atomic E-state index is 3.93. The van der Waals surface area contributed by atoms with Gasteiger partial charge in [-0.1, -0.05) is 53.4 Å². The van der Waals surface area contributed by atoms with Gasteiger partial charge < -0.3 is 5.32 Å². The van der Waals surface area contributed by atoms with Gasteiger partial charge in [0.1, 0.15) is 0 Å². The summed E-state index contributed by atoms with van der Waals surface area (Å²) in [6, 6.07) is 0.802. The van der Waals surface area contributed by atoms with E-state index in [1.807, 2.05) is 0 Å². The van der Waals surface area contributed by atoms with E-state index in [-0.39, 0.29) is 0 Å². The molecule has 4 atom stereocenters. The molecule has 118 valence electrons. The second-order valence-corrected chi connectivity index (χ2v) is 8.70. The maximum atomic E-state index is 3.93. The second kappa shape index (κ2) is 7.29. The molecule has 1 heteroatoms. The second-order valence-electron chi connectivity index (χ2n) is 8.70. The summed E-state index contributed by atoms with van der Waals surface area (Å²) in [7, 11) is 0. The number of rotatable bonds is 3. The molecule has 2 fully saturated rings. The van der Waals surface area contributed by atoms with Gasteiger partial charge in [-0.25, -0.2) is 0 Å². The Labute approximate surface area is 127 Å². The molecule has 2 aliphatic rings. The fraction of sp³-hybridized carbons (Fsp3) is 1.00. The maximum Gasteiger partial charge on any atom is 0.00672 e. The number of nitrogens with one attached hydrogen (secondary N) is 1. The van der Waals surface area contributed by atoms with Crippen LogP contribution in [0.4, 0.5) is 0 Å². The molecule has 0 aromatic rings. The van der Waals surface area contributed by atoms with Gasteiger partial charge in [0.25, 0.3) is 0 Å². The molecule has 2 rings (SSSR count). The third-order valence-electron chi connectivity index (χ3n) is 6.15. The highest BCUT2D eigenvalue weighted by Crippen LogP contribution is 2.37. The van der Waals surface area contributed by atoms with E-state index in [0.29, 0.717) is 5.41 Å². The van der Waals surface area contributed by atoms with E-state index in [1.54, 1.807) is 0 Å². The highest BCUT2D eigenvalue weighted by molar-refractivity contribution is 4.82. The molecule has 0 aliphatic heterocycles. The smallest absolute Gasteiger partial charge is 0.00672 e. The van der Waals surface area contributed by atoms with E-state index >= 15 is 0 Å². The van der Waals surface area contributed by atoms with E-state index in [4.69, 9.17) is 0 Å². The first-order valence-corrected chi connectivity index (χ1v) is 9.20. The molecular formula is C19H37N. The van der Waals surface area contributed by atoms with E-state index in [0.717, 1.165) is 23.8 Å². The van der Waals surface area contributed by atoms with Crippen LogP contribution in [0.3, 0.4) is 0 Å². The molecule has 0 radical (unpaired) electrons. The Kier molecular flexibility index (Phi) is 5.95. The van der Waals surface area contributed by atoms with Gasteiger partial charge in [-0.15, -0.1) is 0 Å². The molecule has 2 aliphatic carbocycles. The van der Waals surface area contributed by atoms with Gasteiger partial charge in [-0.05, 0) is 61.8 Å². The molecule has 20 heavy (non-hydrogen) atoms. The van der Waals surface area contributed by atoms with E-state index < -0.39 is 0 Å². The van der Waals surface area contributed by atoms with Crippen LogP contribution < -0.4 is 5.32 Å². The molecule has 0 heterocycles. The minimum atomic E-state index is 0.507. The Hall–Kier alpha value is -0.0400. The van der Waals surface area contributed by atoms with Crippen molar-refractivity contribution in [1.29, 1.82) is 0 Å². The van der Waals surface area contributed by atoms with Gasteiger partial charge in [0, 0.05) is 6.04 Å². The van der Waals surface area contributed by atoms with Crippen LogP contribution in [0.1, 0.15) is 85.5 Å². The topological polar surface area (TPSA) is 12.0 Å². The zero-order valence-electron chi connectivity index (χ0n) is 14.4. The summed E-state index contributed by atoms with van der Waals surface area (Å²) >= 11 is 0. The summed E-state index contributed by atoms with van der Waals surface area (Å²) in [5.41, 5.74) is 0.507. The van der Waals surface area contributed by atoms with Crippen molar-refractivity contribution in [3.05, 3.63) is 0 Å². The molecule has 0 amide bonds. The molecule has 0 bridgehead atoms. The quantitative estimate of drug-likeness (QED) is 0.682. The average Bonchev–Trinajstić information content (AvgIpc) is 2.63. The average molecular weight is 280 g/mol. The molecular weight excluding hydrogens is 242 g/mol. The van der Waals surface area contributed by atoms with Crippen molar-refractivity contribution in [3.8, 4) is 0 Å². The van der Waals surface area contributed by atoms with Crippen LogP contribution in [0.25, 0.3) is 0 Å². The zero-order chi connectivity index (χ0) is 14.6. The fourth-order valence-corrected chi connectivity index (χ4v) is 4.39. The monoisotopic (exact) mass is 279 g/mol. The highest BCUT2D eigenvalue weighted by Gasteiger charge is 2.28. The highest BCUT2D eigenvalue weighted by atomic mass is 14.9. The summed E-state index contributed by atoms with van der Waals surface area (Å²) in [4.78, 5) is 0. The summed E-state index contributed by atoms with van der Waals surface area (Å²) < 4.78 is 0. The fourth-order valence-electron chi connectivity index (χ4n) is 4.39. The van der Waals surface area contributed by atoms with Crippen molar-refractivity contribution in [3.63, 3.8) is 0 Å². The van der Waals surface area contributed by atoms with Crippen molar-refractivity contribution < 1.29 is 0 Å². The van der Waals surface area contributed by atoms with Crippen LogP contribution in [-0.4, -0.2) is 12.6 Å². The van der Waals surface area contributed by atoms with Gasteiger partial charge in [-0.2, -0.15) is 0 Å². The largest absolute Gasteiger partial charge is 0.314 e. The van der Waals surface area contributed by atoms with Crippen LogP contribution >= 0.6 is 0 Å². The lowest BCUT2D eigenvalue weighted by molar-refractivity contribution is 0.211. The first kappa shape index (κ1) is 16.3. The van der Waals surface area contributed by atoms with Crippen LogP contribution in [0.5, 0.6) is 0 Å². The first-order valence-electron chi connectivity index (χ1n) is 9.20. The van der Waals surface area contributed by atoms with Crippen molar-refractivity contribution in [2.75, 3.05) is 6.54 Å². The molecule has 2 saturated carbocycles. The third-order valence-corrected chi connectivity index (χ3v) is 6.15. The standard InChI is InChI=1S/C19H37N/c1-15-8-5-6-9-16(15)14-20-18-11-7-10-17(12-13-18)19(2,3)4/h15-18,20H,5-14H2,1-4H3. The van der Waals surface area contributed by atoms with Crippen molar-refractivity contribution in [2.45, 2.75) is 91.5 Å². The summed E-state index contributed by atoms with van der Waals surface area (Å²) in [6.45, 7) is 11.0. The van der Waals surface area contributed by atoms with Gasteiger partial charge in [-0.3, -0.25) is 0 Å². The Morgan fingerprint density at radius 2 is 1.60 bits per heavy atom. The summed E-state index contributed by atoms with van der Waals surface area (Å²) in [5.74, 6) is 2.83. The lowest BCUT2D eigenvalue weighted by Gasteiger charge is -2.31. The predicted molar refractivity (Wildman–Crippen MR) is 88.9 cm³/mol. The third kappa shape index (κ3) is 4.76. The molecule has 0 spiro atoms. The lowest BCUT2D eigenvalue weighted by atomic mass is 9.76. The Morgan fingerprint density at radius 3 is 2.30 bits per heavy atom. The zero-order valence-corrected chi connectivity index (χ0v) is 14.4. The Morgan fingerprint density at radius 1 is 0.850 bits per heavy atom. The van der Waals surface area contributed by atoms with Gasteiger partial charge >= 0.3 is 0 Å². The normalized spacial score (nSPS) is 36.6. The van der Waals surface area contributed by atoms with Gasteiger partial charge in [0.2, 0.25) is 0 Å². The van der Waals surface area contributed by atoms with Crippen LogP contribution in [0, 0.1) is 23.2 Å². The predicted octanol–water partition coefficient (Wildman–Crippen LogP) is 5.40. The molecule has 0 aromatic carbocycles. The molecule has 1 nitrogen and oxygen atoms in total. The summed E-state index contributed by atoms with van der Waals surface area (Å²) in [6.07, 6.45) is 13.0. The molecule has 1 N–H and O–H groups in total. The van der Waals surface area contributed by atoms with Crippen molar-refractivity contribution in [1.82, 2.24) is 5.32 Å². The van der Waals surface area contributed by atoms with E-state index in [9.17, 15) is 0 Å². The minimum absolute atomic E-state index is 0.507. The molecule has 0 aromatic heterocycles. The minimum Gasteiger partial charge on any atom is -0.314 e. The van der Waals surface area contributed by atoms with E-state index in [2.05, 4.69) is 33.0 Å². The Balaban J connectivity index is 1.74. The first-order chi connectivity index (χ1) is 9.47. The SMILES string of the molecule is CC1CCCCC1CNC1CCCC(C(C)(C)C)CC1. The van der Waals surface area contributed by atoms with Gasteiger partial charge in [0.05, 0.1) is 0 Å². The lowest BCUT2D eigenvalue weighted by Crippen LogP contribution is -2.36. The van der Waals surface area contributed by atoms with Crippen LogP contribution in [-0.2, 0) is 0 Å². The van der Waals surface area contributed by atoms with E-state index in [1.165, 1.54) is 64.3 Å². The van der Waals surface area contributed by atoms with Crippen molar-refractivity contribution >= 4 is 0 Å². The molecule has 0 saturated heterocycles.